The molecule has 3 nitrogen and oxygen atoms in total. The zero-order chi connectivity index (χ0) is 16.3. The minimum Gasteiger partial charge on any atom is -0.478 e. The van der Waals surface area contributed by atoms with Gasteiger partial charge in [-0.15, -0.1) is 0 Å². The predicted octanol–water partition coefficient (Wildman–Crippen LogP) is 4.22. The highest BCUT2D eigenvalue weighted by atomic mass is 19.4. The Morgan fingerprint density at radius 3 is 2.41 bits per heavy atom. The summed E-state index contributed by atoms with van der Waals surface area (Å²) in [6.45, 7) is 3.34. The van der Waals surface area contributed by atoms with Crippen LogP contribution >= 0.6 is 0 Å². The molecule has 0 amide bonds. The first kappa shape index (κ1) is 16.0. The zero-order valence-corrected chi connectivity index (χ0v) is 12.2. The van der Waals surface area contributed by atoms with Crippen molar-refractivity contribution in [2.24, 2.45) is 0 Å². The highest BCUT2D eigenvalue weighted by Crippen LogP contribution is 2.36. The molecule has 0 radical (unpaired) electrons. The summed E-state index contributed by atoms with van der Waals surface area (Å²) in [5.74, 6) is -0.0862. The smallest absolute Gasteiger partial charge is 0.417 e. The Bertz CT molecular complexity index is 682. The second-order valence-electron chi connectivity index (χ2n) is 4.64. The Morgan fingerprint density at radius 1 is 1.23 bits per heavy atom. The minimum absolute atomic E-state index is 0.0862. The topological polar surface area (TPSA) is 46.0 Å². The van der Waals surface area contributed by atoms with Crippen LogP contribution in [0.15, 0.2) is 36.4 Å². The molecule has 0 aliphatic heterocycles. The first-order valence-electron chi connectivity index (χ1n) is 6.70. The van der Waals surface area contributed by atoms with Crippen molar-refractivity contribution in [3.63, 3.8) is 0 Å². The van der Waals surface area contributed by atoms with E-state index < -0.39 is 11.7 Å². The van der Waals surface area contributed by atoms with Crippen molar-refractivity contribution in [3.8, 4) is 5.88 Å². The third kappa shape index (κ3) is 3.27. The van der Waals surface area contributed by atoms with Crippen molar-refractivity contribution in [3.05, 3.63) is 58.8 Å². The number of rotatable bonds is 4. The first-order chi connectivity index (χ1) is 10.3. The van der Waals surface area contributed by atoms with E-state index in [9.17, 15) is 13.2 Å². The zero-order valence-electron chi connectivity index (χ0n) is 12.2. The van der Waals surface area contributed by atoms with Gasteiger partial charge in [-0.3, -0.25) is 5.41 Å². The van der Waals surface area contributed by atoms with Crippen molar-refractivity contribution in [1.29, 1.82) is 5.41 Å². The number of hydrogen-bond donors (Lipinski definition) is 1. The number of nitrogens with one attached hydrogen (secondary N) is 1. The lowest BCUT2D eigenvalue weighted by atomic mass is 9.96. The largest absolute Gasteiger partial charge is 0.478 e. The fourth-order valence-corrected chi connectivity index (χ4v) is 2.15. The molecule has 0 aliphatic rings. The fourth-order valence-electron chi connectivity index (χ4n) is 2.15. The highest BCUT2D eigenvalue weighted by molar-refractivity contribution is 6.12. The number of halogens is 3. The number of hydrogen-bond acceptors (Lipinski definition) is 3. The lowest BCUT2D eigenvalue weighted by Crippen LogP contribution is -2.17. The molecule has 116 valence electrons. The normalized spacial score (nSPS) is 11.3. The number of ether oxygens (including phenoxy) is 1. The summed E-state index contributed by atoms with van der Waals surface area (Å²) in [5, 5.41) is 8.12. The van der Waals surface area contributed by atoms with Crippen LogP contribution in [-0.2, 0) is 6.18 Å². The van der Waals surface area contributed by atoms with Crippen LogP contribution in [0.4, 0.5) is 13.2 Å². The highest BCUT2D eigenvalue weighted by Gasteiger charge is 2.36. The molecule has 2 rings (SSSR count). The van der Waals surface area contributed by atoms with Gasteiger partial charge < -0.3 is 4.74 Å². The Morgan fingerprint density at radius 2 is 1.86 bits per heavy atom. The summed E-state index contributed by atoms with van der Waals surface area (Å²) in [4.78, 5) is 4.02. The van der Waals surface area contributed by atoms with Crippen molar-refractivity contribution in [1.82, 2.24) is 4.98 Å². The van der Waals surface area contributed by atoms with Gasteiger partial charge >= 0.3 is 6.18 Å². The maximum Gasteiger partial charge on any atom is 0.417 e. The third-order valence-electron chi connectivity index (χ3n) is 3.09. The standard InChI is InChI=1S/C16H15F3N2O/c1-3-22-13-9-12(16(17,18)19)14(10(2)21-13)15(20)11-7-5-4-6-8-11/h4-9,20H,3H2,1-2H3. The lowest BCUT2D eigenvalue weighted by molar-refractivity contribution is -0.137. The molecule has 1 N–H and O–H groups in total. The molecule has 22 heavy (non-hydrogen) atoms. The van der Waals surface area contributed by atoms with Crippen LogP contribution in [0.3, 0.4) is 0 Å². The summed E-state index contributed by atoms with van der Waals surface area (Å²) in [6.07, 6.45) is -4.59. The van der Waals surface area contributed by atoms with E-state index in [-0.39, 0.29) is 29.5 Å². The van der Waals surface area contributed by atoms with Crippen molar-refractivity contribution in [2.75, 3.05) is 6.61 Å². The average Bonchev–Trinajstić information content (AvgIpc) is 2.46. The molecule has 0 atom stereocenters. The second kappa shape index (κ2) is 6.17. The molecule has 1 heterocycles. The molecule has 2 aromatic rings. The maximum atomic E-state index is 13.3. The quantitative estimate of drug-likeness (QED) is 0.859. The van der Waals surface area contributed by atoms with Gasteiger partial charge in [-0.05, 0) is 13.8 Å². The van der Waals surface area contributed by atoms with Gasteiger partial charge in [-0.25, -0.2) is 4.98 Å². The van der Waals surface area contributed by atoms with E-state index in [1.165, 1.54) is 6.92 Å². The summed E-state index contributed by atoms with van der Waals surface area (Å²) in [7, 11) is 0. The molecule has 1 aromatic carbocycles. The molecule has 6 heteroatoms. The molecular weight excluding hydrogens is 293 g/mol. The van der Waals surface area contributed by atoms with Crippen LogP contribution in [-0.4, -0.2) is 17.3 Å². The molecule has 0 spiro atoms. The molecular formula is C16H15F3N2O. The number of aromatic nitrogens is 1. The van der Waals surface area contributed by atoms with Crippen molar-refractivity contribution < 1.29 is 17.9 Å². The summed E-state index contributed by atoms with van der Waals surface area (Å²) >= 11 is 0. The molecule has 1 aromatic heterocycles. The molecule has 0 saturated heterocycles. The van der Waals surface area contributed by atoms with Gasteiger partial charge in [0.25, 0.3) is 0 Å². The van der Waals surface area contributed by atoms with E-state index in [2.05, 4.69) is 4.98 Å². The van der Waals surface area contributed by atoms with Crippen LogP contribution < -0.4 is 4.74 Å². The van der Waals surface area contributed by atoms with Crippen molar-refractivity contribution in [2.45, 2.75) is 20.0 Å². The number of pyridine rings is 1. The summed E-state index contributed by atoms with van der Waals surface area (Å²) < 4.78 is 45.1. The van der Waals surface area contributed by atoms with Gasteiger partial charge in [-0.2, -0.15) is 13.2 Å². The molecule has 0 unspecified atom stereocenters. The first-order valence-corrected chi connectivity index (χ1v) is 6.70. The maximum absolute atomic E-state index is 13.3. The van der Waals surface area contributed by atoms with Crippen LogP contribution in [0.25, 0.3) is 0 Å². The van der Waals surface area contributed by atoms with E-state index in [0.717, 1.165) is 6.07 Å². The van der Waals surface area contributed by atoms with Crippen LogP contribution in [0, 0.1) is 12.3 Å². The third-order valence-corrected chi connectivity index (χ3v) is 3.09. The second-order valence-corrected chi connectivity index (χ2v) is 4.64. The lowest BCUT2D eigenvalue weighted by Gasteiger charge is -2.17. The Balaban J connectivity index is 2.62. The van der Waals surface area contributed by atoms with Gasteiger partial charge in [-0.1, -0.05) is 30.3 Å². The minimum atomic E-state index is -4.59. The monoisotopic (exact) mass is 308 g/mol. The Kier molecular flexibility index (Phi) is 4.49. The van der Waals surface area contributed by atoms with Crippen LogP contribution in [0.2, 0.25) is 0 Å². The molecule has 0 bridgehead atoms. The van der Waals surface area contributed by atoms with E-state index in [1.54, 1.807) is 37.3 Å². The molecule has 0 aliphatic carbocycles. The predicted molar refractivity (Wildman–Crippen MR) is 77.5 cm³/mol. The number of nitrogens with zero attached hydrogens (tertiary/aromatic N) is 1. The average molecular weight is 308 g/mol. The van der Waals surface area contributed by atoms with E-state index in [0.29, 0.717) is 5.56 Å². The van der Waals surface area contributed by atoms with E-state index in [4.69, 9.17) is 10.1 Å². The number of alkyl halides is 3. The van der Waals surface area contributed by atoms with Gasteiger partial charge in [0, 0.05) is 17.2 Å². The van der Waals surface area contributed by atoms with Crippen molar-refractivity contribution >= 4 is 5.71 Å². The SMILES string of the molecule is CCOc1cc(C(F)(F)F)c(C(=N)c2ccccc2)c(C)n1. The Hall–Kier alpha value is -2.37. The Labute approximate surface area is 126 Å². The number of aryl methyl sites for hydroxylation is 1. The van der Waals surface area contributed by atoms with Gasteiger partial charge in [0.15, 0.2) is 0 Å². The van der Waals surface area contributed by atoms with Gasteiger partial charge in [0.2, 0.25) is 5.88 Å². The molecule has 0 fully saturated rings. The fraction of sp³-hybridized carbons (Fsp3) is 0.250. The summed E-state index contributed by atoms with van der Waals surface area (Å²) in [6, 6.07) is 9.13. The van der Waals surface area contributed by atoms with Crippen LogP contribution in [0.5, 0.6) is 5.88 Å². The number of benzene rings is 1. The van der Waals surface area contributed by atoms with Gasteiger partial charge in [0.1, 0.15) is 0 Å². The molecule has 0 saturated carbocycles. The van der Waals surface area contributed by atoms with Crippen LogP contribution in [0.1, 0.15) is 29.3 Å². The summed E-state index contributed by atoms with van der Waals surface area (Å²) in [5.41, 5.74) is -0.811. The van der Waals surface area contributed by atoms with E-state index in [1.807, 2.05) is 0 Å². The van der Waals surface area contributed by atoms with Gasteiger partial charge in [0.05, 0.1) is 23.6 Å². The van der Waals surface area contributed by atoms with E-state index >= 15 is 0 Å².